The number of benzene rings is 2. The molecule has 0 saturated carbocycles. The van der Waals surface area contributed by atoms with E-state index >= 15 is 0 Å². The molecule has 20 heavy (non-hydrogen) atoms. The number of ether oxygens (including phenoxy) is 2. The first-order valence-electron chi connectivity index (χ1n) is 6.20. The third-order valence-corrected chi connectivity index (χ3v) is 2.89. The number of phenolic OH excluding ortho intramolecular Hbond substituents is 1. The number of hydrogen-bond acceptors (Lipinski definition) is 4. The van der Waals surface area contributed by atoms with Crippen molar-refractivity contribution in [2.45, 2.75) is 13.5 Å². The summed E-state index contributed by atoms with van der Waals surface area (Å²) >= 11 is 0. The number of aryl methyl sites for hydroxylation is 1. The molecule has 104 valence electrons. The Morgan fingerprint density at radius 2 is 1.95 bits per heavy atom. The van der Waals surface area contributed by atoms with E-state index in [0.717, 1.165) is 11.1 Å². The molecule has 2 aromatic rings. The van der Waals surface area contributed by atoms with Gasteiger partial charge in [-0.25, -0.2) is 4.79 Å². The smallest absolute Gasteiger partial charge is 0.342 e. The van der Waals surface area contributed by atoms with Crippen LogP contribution in [0.15, 0.2) is 42.5 Å². The second kappa shape index (κ2) is 6.10. The second-order valence-electron chi connectivity index (χ2n) is 4.42. The van der Waals surface area contributed by atoms with Crippen LogP contribution in [0.3, 0.4) is 0 Å². The third-order valence-electron chi connectivity index (χ3n) is 2.89. The Labute approximate surface area is 117 Å². The van der Waals surface area contributed by atoms with Crippen molar-refractivity contribution in [2.24, 2.45) is 0 Å². The average Bonchev–Trinajstić information content (AvgIpc) is 2.45. The molecule has 0 saturated heterocycles. The van der Waals surface area contributed by atoms with Crippen LogP contribution in [0.4, 0.5) is 0 Å². The fourth-order valence-electron chi connectivity index (χ4n) is 1.88. The van der Waals surface area contributed by atoms with Gasteiger partial charge >= 0.3 is 5.97 Å². The first-order valence-corrected chi connectivity index (χ1v) is 6.20. The predicted octanol–water partition coefficient (Wildman–Crippen LogP) is 3.07. The van der Waals surface area contributed by atoms with Crippen molar-refractivity contribution in [1.29, 1.82) is 0 Å². The van der Waals surface area contributed by atoms with Gasteiger partial charge in [0.25, 0.3) is 0 Å². The van der Waals surface area contributed by atoms with Gasteiger partial charge in [0.05, 0.1) is 7.11 Å². The van der Waals surface area contributed by atoms with Gasteiger partial charge in [0.15, 0.2) is 11.5 Å². The highest BCUT2D eigenvalue weighted by molar-refractivity contribution is 5.93. The minimum atomic E-state index is -0.581. The van der Waals surface area contributed by atoms with E-state index in [0.29, 0.717) is 0 Å². The van der Waals surface area contributed by atoms with E-state index in [9.17, 15) is 9.90 Å². The third kappa shape index (κ3) is 3.09. The lowest BCUT2D eigenvalue weighted by Gasteiger charge is -2.09. The van der Waals surface area contributed by atoms with Gasteiger partial charge < -0.3 is 14.6 Å². The number of carbonyl (C=O) groups excluding carboxylic acids is 1. The van der Waals surface area contributed by atoms with Crippen LogP contribution >= 0.6 is 0 Å². The molecule has 2 rings (SSSR count). The van der Waals surface area contributed by atoms with Crippen molar-refractivity contribution in [3.05, 3.63) is 59.2 Å². The van der Waals surface area contributed by atoms with Crippen LogP contribution in [0, 0.1) is 6.92 Å². The molecule has 0 heterocycles. The summed E-state index contributed by atoms with van der Waals surface area (Å²) in [6.07, 6.45) is 0. The number of para-hydroxylation sites is 1. The van der Waals surface area contributed by atoms with Crippen LogP contribution in [0.1, 0.15) is 21.5 Å². The van der Waals surface area contributed by atoms with Gasteiger partial charge in [-0.2, -0.15) is 0 Å². The van der Waals surface area contributed by atoms with Gasteiger partial charge in [-0.1, -0.05) is 35.9 Å². The van der Waals surface area contributed by atoms with Gasteiger partial charge in [0.2, 0.25) is 0 Å². The van der Waals surface area contributed by atoms with Crippen molar-refractivity contribution in [3.8, 4) is 11.5 Å². The van der Waals surface area contributed by atoms with Crippen LogP contribution < -0.4 is 4.74 Å². The van der Waals surface area contributed by atoms with Crippen molar-refractivity contribution in [2.75, 3.05) is 7.11 Å². The average molecular weight is 272 g/mol. The maximum absolute atomic E-state index is 12.0. The molecule has 0 unspecified atom stereocenters. The number of esters is 1. The van der Waals surface area contributed by atoms with Gasteiger partial charge in [-0.05, 0) is 24.6 Å². The summed E-state index contributed by atoms with van der Waals surface area (Å²) in [7, 11) is 1.43. The first-order chi connectivity index (χ1) is 9.61. The molecule has 2 aromatic carbocycles. The van der Waals surface area contributed by atoms with E-state index in [1.165, 1.54) is 13.2 Å². The lowest BCUT2D eigenvalue weighted by atomic mass is 10.1. The Hall–Kier alpha value is -2.49. The molecule has 0 amide bonds. The standard InChI is InChI=1S/C16H16O4/c1-11-5-3-6-12(9-11)10-20-16(18)13-7-4-8-14(19-2)15(13)17/h3-9,17H,10H2,1-2H3. The summed E-state index contributed by atoms with van der Waals surface area (Å²) in [4.78, 5) is 12.0. The Morgan fingerprint density at radius 3 is 2.65 bits per heavy atom. The summed E-state index contributed by atoms with van der Waals surface area (Å²) in [6.45, 7) is 2.14. The lowest BCUT2D eigenvalue weighted by Crippen LogP contribution is -2.06. The highest BCUT2D eigenvalue weighted by atomic mass is 16.5. The second-order valence-corrected chi connectivity index (χ2v) is 4.42. The molecule has 4 heteroatoms. The van der Waals surface area contributed by atoms with Gasteiger partial charge in [-0.15, -0.1) is 0 Å². The molecule has 0 spiro atoms. The van der Waals surface area contributed by atoms with Crippen LogP contribution in [0.25, 0.3) is 0 Å². The van der Waals surface area contributed by atoms with E-state index in [-0.39, 0.29) is 23.7 Å². The molecule has 4 nitrogen and oxygen atoms in total. The zero-order valence-corrected chi connectivity index (χ0v) is 11.4. The topological polar surface area (TPSA) is 55.8 Å². The van der Waals surface area contributed by atoms with Gasteiger partial charge in [0.1, 0.15) is 12.2 Å². The lowest BCUT2D eigenvalue weighted by molar-refractivity contribution is 0.0468. The van der Waals surface area contributed by atoms with E-state index in [2.05, 4.69) is 0 Å². The largest absolute Gasteiger partial charge is 0.504 e. The number of methoxy groups -OCH3 is 1. The molecule has 0 fully saturated rings. The summed E-state index contributed by atoms with van der Waals surface area (Å²) in [6, 6.07) is 12.4. The zero-order chi connectivity index (χ0) is 14.5. The van der Waals surface area contributed by atoms with Crippen LogP contribution in [0.2, 0.25) is 0 Å². The molecule has 0 aliphatic carbocycles. The Kier molecular flexibility index (Phi) is 4.25. The molecule has 0 aliphatic rings. The minimum absolute atomic E-state index is 0.0944. The highest BCUT2D eigenvalue weighted by Crippen LogP contribution is 2.29. The molecule has 0 atom stereocenters. The molecule has 0 radical (unpaired) electrons. The van der Waals surface area contributed by atoms with E-state index in [1.54, 1.807) is 12.1 Å². The predicted molar refractivity (Wildman–Crippen MR) is 75.0 cm³/mol. The van der Waals surface area contributed by atoms with Crippen molar-refractivity contribution < 1.29 is 19.4 Å². The molecule has 0 bridgehead atoms. The fourth-order valence-corrected chi connectivity index (χ4v) is 1.88. The van der Waals surface area contributed by atoms with Crippen LogP contribution in [0.5, 0.6) is 11.5 Å². The first kappa shape index (κ1) is 13.9. The van der Waals surface area contributed by atoms with E-state index in [1.807, 2.05) is 31.2 Å². The maximum atomic E-state index is 12.0. The normalized spacial score (nSPS) is 10.1. The van der Waals surface area contributed by atoms with Crippen LogP contribution in [-0.4, -0.2) is 18.2 Å². The Morgan fingerprint density at radius 1 is 1.20 bits per heavy atom. The summed E-state index contributed by atoms with van der Waals surface area (Å²) < 4.78 is 10.2. The van der Waals surface area contributed by atoms with Crippen molar-refractivity contribution >= 4 is 5.97 Å². The zero-order valence-electron chi connectivity index (χ0n) is 11.4. The highest BCUT2D eigenvalue weighted by Gasteiger charge is 2.16. The molecule has 0 aliphatic heterocycles. The summed E-state index contributed by atoms with van der Waals surface area (Å²) in [5, 5.41) is 9.87. The van der Waals surface area contributed by atoms with Crippen LogP contribution in [-0.2, 0) is 11.3 Å². The maximum Gasteiger partial charge on any atom is 0.342 e. The quantitative estimate of drug-likeness (QED) is 0.869. The molecular formula is C16H16O4. The number of phenols is 1. The van der Waals surface area contributed by atoms with E-state index in [4.69, 9.17) is 9.47 Å². The fraction of sp³-hybridized carbons (Fsp3) is 0.188. The van der Waals surface area contributed by atoms with E-state index < -0.39 is 5.97 Å². The van der Waals surface area contributed by atoms with Gasteiger partial charge in [0, 0.05) is 0 Å². The number of hydrogen-bond donors (Lipinski definition) is 1. The summed E-state index contributed by atoms with van der Waals surface area (Å²) in [5.41, 5.74) is 2.10. The number of aromatic hydroxyl groups is 1. The molecular weight excluding hydrogens is 256 g/mol. The molecule has 0 aromatic heterocycles. The number of carbonyl (C=O) groups is 1. The Bertz CT molecular complexity index is 620. The number of rotatable bonds is 4. The SMILES string of the molecule is COc1cccc(C(=O)OCc2cccc(C)c2)c1O. The summed E-state index contributed by atoms with van der Waals surface area (Å²) in [5.74, 6) is -0.540. The minimum Gasteiger partial charge on any atom is -0.504 e. The van der Waals surface area contributed by atoms with Crippen molar-refractivity contribution in [1.82, 2.24) is 0 Å². The monoisotopic (exact) mass is 272 g/mol. The van der Waals surface area contributed by atoms with Gasteiger partial charge in [-0.3, -0.25) is 0 Å². The molecule has 1 N–H and O–H groups in total. The Balaban J connectivity index is 2.09. The van der Waals surface area contributed by atoms with Crippen molar-refractivity contribution in [3.63, 3.8) is 0 Å².